The van der Waals surface area contributed by atoms with E-state index in [0.717, 1.165) is 6.08 Å². The molecule has 0 heterocycles. The van der Waals surface area contributed by atoms with Gasteiger partial charge in [-0.1, -0.05) is 13.2 Å². The fraction of sp³-hybridized carbons (Fsp3) is 0.125. The van der Waals surface area contributed by atoms with Crippen LogP contribution in [-0.4, -0.2) is 28.5 Å². The van der Waals surface area contributed by atoms with Crippen molar-refractivity contribution in [3.05, 3.63) is 25.3 Å². The van der Waals surface area contributed by atoms with Gasteiger partial charge in [0.15, 0.2) is 0 Å². The maximum absolute atomic E-state index is 10.9. The van der Waals surface area contributed by atoms with Gasteiger partial charge in [-0.2, -0.15) is 4.99 Å². The Morgan fingerprint density at radius 3 is 1.92 bits per heavy atom. The number of aliphatic imine (C=N–C) groups is 1. The van der Waals surface area contributed by atoms with Crippen LogP contribution in [0.1, 0.15) is 0 Å². The maximum atomic E-state index is 10.9. The molecule has 68 valence electrons. The van der Waals surface area contributed by atoms with Gasteiger partial charge in [0.25, 0.3) is 5.72 Å². The Hall–Kier alpha value is -1.84. The average molecular weight is 181 g/mol. The second-order valence-electron chi connectivity index (χ2n) is 2.01. The van der Waals surface area contributed by atoms with Crippen molar-refractivity contribution in [1.29, 1.82) is 0 Å². The van der Waals surface area contributed by atoms with E-state index in [9.17, 15) is 19.5 Å². The lowest BCUT2D eigenvalue weighted by atomic mass is 10.0. The van der Waals surface area contributed by atoms with Gasteiger partial charge in [-0.05, 0) is 12.2 Å². The molecule has 0 fully saturated rings. The zero-order chi connectivity index (χ0) is 10.5. The lowest BCUT2D eigenvalue weighted by Crippen LogP contribution is -2.42. The number of isocyanates is 1. The minimum Gasteiger partial charge on any atom is -0.356 e. The topological polar surface area (TPSA) is 83.8 Å². The van der Waals surface area contributed by atoms with Crippen molar-refractivity contribution >= 4 is 17.6 Å². The van der Waals surface area contributed by atoms with Crippen molar-refractivity contribution in [2.45, 2.75) is 5.72 Å². The van der Waals surface area contributed by atoms with Crippen LogP contribution in [0.2, 0.25) is 0 Å². The van der Waals surface area contributed by atoms with E-state index in [1.807, 2.05) is 0 Å². The SMILES string of the molecule is C=CC(=O)C(O)(N=C=O)C(=O)C=C. The number of carbonyl (C=O) groups excluding carboxylic acids is 3. The molecule has 0 amide bonds. The molecule has 0 saturated carbocycles. The molecule has 0 saturated heterocycles. The quantitative estimate of drug-likeness (QED) is 0.269. The minimum absolute atomic E-state index is 0.683. The van der Waals surface area contributed by atoms with Crippen LogP contribution in [0.25, 0.3) is 0 Å². The predicted octanol–water partition coefficient (Wildman–Crippen LogP) is -0.479. The van der Waals surface area contributed by atoms with Crippen LogP contribution >= 0.6 is 0 Å². The van der Waals surface area contributed by atoms with Crippen LogP contribution in [0.5, 0.6) is 0 Å². The molecule has 5 heteroatoms. The minimum atomic E-state index is -2.74. The summed E-state index contributed by atoms with van der Waals surface area (Å²) in [5.41, 5.74) is -2.74. The molecule has 0 aromatic heterocycles. The van der Waals surface area contributed by atoms with Crippen molar-refractivity contribution in [1.82, 2.24) is 0 Å². The van der Waals surface area contributed by atoms with Gasteiger partial charge in [-0.25, -0.2) is 4.79 Å². The van der Waals surface area contributed by atoms with Crippen molar-refractivity contribution < 1.29 is 19.5 Å². The first kappa shape index (κ1) is 11.2. The standard InChI is InChI=1S/C8H7NO4/c1-3-6(11)8(13,9-5-10)7(12)4-2/h3-4,13H,1-2H2. The summed E-state index contributed by atoms with van der Waals surface area (Å²) in [6.07, 6.45) is 2.29. The third kappa shape index (κ3) is 2.05. The summed E-state index contributed by atoms with van der Waals surface area (Å²) in [7, 11) is 0. The van der Waals surface area contributed by atoms with E-state index < -0.39 is 17.3 Å². The zero-order valence-electron chi connectivity index (χ0n) is 6.69. The molecule has 0 spiro atoms. The summed E-state index contributed by atoms with van der Waals surface area (Å²) in [5, 5.41) is 9.28. The van der Waals surface area contributed by atoms with Crippen LogP contribution in [0, 0.1) is 0 Å². The van der Waals surface area contributed by atoms with Crippen LogP contribution < -0.4 is 0 Å². The molecule has 0 aliphatic rings. The number of nitrogens with zero attached hydrogens (tertiary/aromatic N) is 1. The van der Waals surface area contributed by atoms with Crippen molar-refractivity contribution in [3.63, 3.8) is 0 Å². The summed E-state index contributed by atoms with van der Waals surface area (Å²) in [6.45, 7) is 6.08. The highest BCUT2D eigenvalue weighted by molar-refractivity contribution is 6.18. The molecule has 0 radical (unpaired) electrons. The molecule has 0 aromatic carbocycles. The van der Waals surface area contributed by atoms with E-state index in [2.05, 4.69) is 18.2 Å². The molecule has 0 aliphatic heterocycles. The van der Waals surface area contributed by atoms with Gasteiger partial charge in [-0.3, -0.25) is 9.59 Å². The molecule has 0 unspecified atom stereocenters. The second kappa shape index (κ2) is 4.25. The number of hydrogen-bond acceptors (Lipinski definition) is 5. The first-order valence-corrected chi connectivity index (χ1v) is 3.18. The Balaban J connectivity index is 5.28. The number of rotatable bonds is 5. The van der Waals surface area contributed by atoms with Gasteiger partial charge in [0.2, 0.25) is 17.6 Å². The van der Waals surface area contributed by atoms with E-state index in [-0.39, 0.29) is 0 Å². The monoisotopic (exact) mass is 181 g/mol. The summed E-state index contributed by atoms with van der Waals surface area (Å²) >= 11 is 0. The van der Waals surface area contributed by atoms with Gasteiger partial charge < -0.3 is 5.11 Å². The summed E-state index contributed by atoms with van der Waals surface area (Å²) in [6, 6.07) is 0. The molecule has 5 nitrogen and oxygen atoms in total. The highest BCUT2D eigenvalue weighted by Gasteiger charge is 2.40. The van der Waals surface area contributed by atoms with E-state index in [1.54, 1.807) is 0 Å². The number of hydrogen-bond donors (Lipinski definition) is 1. The second-order valence-corrected chi connectivity index (χ2v) is 2.01. The molecular formula is C8H7NO4. The Morgan fingerprint density at radius 1 is 1.31 bits per heavy atom. The van der Waals surface area contributed by atoms with Crippen LogP contribution in [0.4, 0.5) is 0 Å². The highest BCUT2D eigenvalue weighted by Crippen LogP contribution is 2.10. The van der Waals surface area contributed by atoms with E-state index >= 15 is 0 Å². The molecule has 0 aromatic rings. The number of carbonyl (C=O) groups is 2. The van der Waals surface area contributed by atoms with Crippen molar-refractivity contribution in [3.8, 4) is 0 Å². The molecule has 1 N–H and O–H groups in total. The normalized spacial score (nSPS) is 9.62. The first-order chi connectivity index (χ1) is 6.02. The van der Waals surface area contributed by atoms with Gasteiger partial charge in [0.05, 0.1) is 0 Å². The predicted molar refractivity (Wildman–Crippen MR) is 43.5 cm³/mol. The van der Waals surface area contributed by atoms with Crippen molar-refractivity contribution in [2.75, 3.05) is 0 Å². The third-order valence-corrected chi connectivity index (χ3v) is 1.27. The lowest BCUT2D eigenvalue weighted by Gasteiger charge is -2.13. The van der Waals surface area contributed by atoms with E-state index in [1.165, 1.54) is 0 Å². The lowest BCUT2D eigenvalue weighted by molar-refractivity contribution is -0.143. The Morgan fingerprint density at radius 2 is 1.69 bits per heavy atom. The van der Waals surface area contributed by atoms with Crippen LogP contribution in [0.3, 0.4) is 0 Å². The van der Waals surface area contributed by atoms with Crippen LogP contribution in [-0.2, 0) is 14.4 Å². The van der Waals surface area contributed by atoms with Gasteiger partial charge in [0, 0.05) is 0 Å². The number of ketones is 2. The molecule has 0 rings (SSSR count). The molecule has 0 atom stereocenters. The van der Waals surface area contributed by atoms with Gasteiger partial charge in [-0.15, -0.1) is 0 Å². The summed E-state index contributed by atoms with van der Waals surface area (Å²) in [5.74, 6) is -2.19. The molecule has 13 heavy (non-hydrogen) atoms. The third-order valence-electron chi connectivity index (χ3n) is 1.27. The summed E-state index contributed by atoms with van der Waals surface area (Å²) in [4.78, 5) is 34.4. The molecular weight excluding hydrogens is 174 g/mol. The first-order valence-electron chi connectivity index (χ1n) is 3.18. The van der Waals surface area contributed by atoms with E-state index in [4.69, 9.17) is 0 Å². The largest absolute Gasteiger partial charge is 0.356 e. The van der Waals surface area contributed by atoms with Gasteiger partial charge >= 0.3 is 0 Å². The van der Waals surface area contributed by atoms with Crippen molar-refractivity contribution in [2.24, 2.45) is 4.99 Å². The molecule has 0 bridgehead atoms. The Kier molecular flexibility index (Phi) is 3.65. The average Bonchev–Trinajstić information content (AvgIpc) is 2.15. The summed E-state index contributed by atoms with van der Waals surface area (Å²) < 4.78 is 0. The fourth-order valence-corrected chi connectivity index (χ4v) is 0.582. The fourth-order valence-electron chi connectivity index (χ4n) is 0.582. The highest BCUT2D eigenvalue weighted by atomic mass is 16.3. The smallest absolute Gasteiger partial charge is 0.294 e. The zero-order valence-corrected chi connectivity index (χ0v) is 6.69. The van der Waals surface area contributed by atoms with Gasteiger partial charge in [0.1, 0.15) is 0 Å². The number of aliphatic hydroxyl groups is 1. The Bertz CT molecular complexity index is 292. The van der Waals surface area contributed by atoms with Crippen LogP contribution in [0.15, 0.2) is 30.3 Å². The maximum Gasteiger partial charge on any atom is 0.294 e. The molecule has 0 aliphatic carbocycles. The Labute approximate surface area is 74.1 Å². The van der Waals surface area contributed by atoms with E-state index in [0.29, 0.717) is 12.2 Å².